The number of hydrogen-bond donors (Lipinski definition) is 5. The molecule has 12 heteroatoms. The van der Waals surface area contributed by atoms with Crippen LogP contribution in [0.5, 0.6) is 0 Å². The van der Waals surface area contributed by atoms with Crippen LogP contribution in [0.4, 0.5) is 0 Å². The van der Waals surface area contributed by atoms with Gasteiger partial charge in [0.05, 0.1) is 37.6 Å². The Morgan fingerprint density at radius 3 is 2.42 bits per heavy atom. The van der Waals surface area contributed by atoms with Gasteiger partial charge in [-0.1, -0.05) is 0 Å². The highest BCUT2D eigenvalue weighted by molar-refractivity contribution is 5.89. The van der Waals surface area contributed by atoms with Crippen LogP contribution in [-0.4, -0.2) is 99.9 Å². The number of esters is 2. The van der Waals surface area contributed by atoms with Crippen LogP contribution in [0.1, 0.15) is 20.3 Å². The maximum atomic E-state index is 12.2. The van der Waals surface area contributed by atoms with Crippen LogP contribution in [0, 0.1) is 11.8 Å². The minimum absolute atomic E-state index is 0.0181. The summed E-state index contributed by atoms with van der Waals surface area (Å²) in [6, 6.07) is 0. The molecule has 2 aliphatic heterocycles. The summed E-state index contributed by atoms with van der Waals surface area (Å²) in [5.74, 6) is -3.18. The van der Waals surface area contributed by atoms with Crippen LogP contribution in [-0.2, 0) is 33.3 Å². The number of carbonyl (C=O) groups excluding carboxylic acids is 2. The van der Waals surface area contributed by atoms with Crippen molar-refractivity contribution in [2.75, 3.05) is 13.7 Å². The molecule has 5 N–H and O–H groups in total. The van der Waals surface area contributed by atoms with Crippen molar-refractivity contribution in [2.45, 2.75) is 69.0 Å². The van der Waals surface area contributed by atoms with Gasteiger partial charge in [-0.2, -0.15) is 0 Å². The summed E-state index contributed by atoms with van der Waals surface area (Å²) in [4.78, 5) is 23.9. The Kier molecular flexibility index (Phi) is 6.91. The van der Waals surface area contributed by atoms with Crippen LogP contribution in [0.25, 0.3) is 0 Å². The molecule has 0 unspecified atom stereocenters. The third-order valence-corrected chi connectivity index (χ3v) is 6.02. The van der Waals surface area contributed by atoms with E-state index < -0.39 is 79.1 Å². The average molecular weight is 448 g/mol. The van der Waals surface area contributed by atoms with Crippen molar-refractivity contribution >= 4 is 11.9 Å². The van der Waals surface area contributed by atoms with Crippen LogP contribution in [0.3, 0.4) is 0 Å². The zero-order valence-corrected chi connectivity index (χ0v) is 17.3. The first kappa shape index (κ1) is 23.9. The molecule has 3 aliphatic rings. The minimum atomic E-state index is -1.70. The van der Waals surface area contributed by atoms with Crippen molar-refractivity contribution in [3.63, 3.8) is 0 Å². The first-order valence-electron chi connectivity index (χ1n) is 9.81. The van der Waals surface area contributed by atoms with Gasteiger partial charge in [0.1, 0.15) is 30.0 Å². The van der Waals surface area contributed by atoms with E-state index in [1.165, 1.54) is 14.0 Å². The summed E-state index contributed by atoms with van der Waals surface area (Å²) in [7, 11) is 1.17. The Balaban J connectivity index is 1.93. The fraction of sp³-hybridized carbons (Fsp3) is 0.789. The molecule has 0 radical (unpaired) electrons. The van der Waals surface area contributed by atoms with E-state index in [9.17, 15) is 35.1 Å². The number of methoxy groups -OCH3 is 1. The lowest BCUT2D eigenvalue weighted by atomic mass is 9.80. The summed E-state index contributed by atoms with van der Waals surface area (Å²) in [6.45, 7) is 2.09. The van der Waals surface area contributed by atoms with Gasteiger partial charge in [0, 0.05) is 19.3 Å². The first-order chi connectivity index (χ1) is 14.5. The van der Waals surface area contributed by atoms with Gasteiger partial charge >= 0.3 is 11.9 Å². The maximum Gasteiger partial charge on any atom is 0.337 e. The molecule has 31 heavy (non-hydrogen) atoms. The summed E-state index contributed by atoms with van der Waals surface area (Å²) >= 11 is 0. The standard InChI is InChI=1S/C19H28O12/c1-7(21)31-19(2)4-9(22)11-8(16(26)27-3)6-28-17(12(11)19)30-18-15(25)14(24)13(23)10(5-20)29-18/h6,9-15,17-18,20,22-25H,4-5H2,1-3H3/t9-,10+,11-,12-,13-,14-,15-,17+,18-,19+/m1/s1. The molecule has 0 aromatic rings. The summed E-state index contributed by atoms with van der Waals surface area (Å²) in [5.41, 5.74) is -1.30. The van der Waals surface area contributed by atoms with E-state index in [-0.39, 0.29) is 12.0 Å². The van der Waals surface area contributed by atoms with Gasteiger partial charge in [0.25, 0.3) is 0 Å². The van der Waals surface area contributed by atoms with E-state index in [0.717, 1.165) is 6.26 Å². The Bertz CT molecular complexity index is 723. The van der Waals surface area contributed by atoms with Gasteiger partial charge in [-0.05, 0) is 6.92 Å². The fourth-order valence-electron chi connectivity index (χ4n) is 4.63. The topological polar surface area (TPSA) is 181 Å². The fourth-order valence-corrected chi connectivity index (χ4v) is 4.63. The molecule has 0 aromatic heterocycles. The zero-order chi connectivity index (χ0) is 23.1. The molecule has 176 valence electrons. The number of carbonyl (C=O) groups is 2. The minimum Gasteiger partial charge on any atom is -0.471 e. The van der Waals surface area contributed by atoms with Gasteiger partial charge in [-0.3, -0.25) is 4.79 Å². The van der Waals surface area contributed by atoms with E-state index in [1.54, 1.807) is 6.92 Å². The van der Waals surface area contributed by atoms with E-state index in [2.05, 4.69) is 0 Å². The molecule has 1 saturated carbocycles. The highest BCUT2D eigenvalue weighted by Crippen LogP contribution is 2.51. The molecule has 1 saturated heterocycles. The number of hydrogen-bond acceptors (Lipinski definition) is 12. The summed E-state index contributed by atoms with van der Waals surface area (Å²) in [6.07, 6.45) is -9.07. The second-order valence-corrected chi connectivity index (χ2v) is 8.13. The van der Waals surface area contributed by atoms with Crippen molar-refractivity contribution in [2.24, 2.45) is 11.8 Å². The SMILES string of the molecule is COC(=O)C1=CO[C@@H](O[C@H]2O[C@@H](CO)[C@@H](O)[C@@H](O)[C@H]2O)[C@H]2[C@H]1[C@H](O)C[C@]2(C)OC(C)=O. The number of fused-ring (bicyclic) bond motifs is 1. The highest BCUT2D eigenvalue weighted by atomic mass is 16.8. The predicted molar refractivity (Wildman–Crippen MR) is 97.6 cm³/mol. The molecular weight excluding hydrogens is 420 g/mol. The van der Waals surface area contributed by atoms with E-state index >= 15 is 0 Å². The summed E-state index contributed by atoms with van der Waals surface area (Å²) < 4.78 is 26.8. The summed E-state index contributed by atoms with van der Waals surface area (Å²) in [5, 5.41) is 50.3. The van der Waals surface area contributed by atoms with E-state index in [0.29, 0.717) is 0 Å². The largest absolute Gasteiger partial charge is 0.471 e. The Morgan fingerprint density at radius 1 is 1.16 bits per heavy atom. The Labute approximate surface area is 177 Å². The van der Waals surface area contributed by atoms with Crippen molar-refractivity contribution in [1.29, 1.82) is 0 Å². The highest BCUT2D eigenvalue weighted by Gasteiger charge is 2.61. The molecule has 10 atom stereocenters. The average Bonchev–Trinajstić information content (AvgIpc) is 2.98. The zero-order valence-electron chi connectivity index (χ0n) is 17.3. The molecule has 0 spiro atoms. The van der Waals surface area contributed by atoms with E-state index in [1.807, 2.05) is 0 Å². The van der Waals surface area contributed by atoms with Crippen LogP contribution >= 0.6 is 0 Å². The monoisotopic (exact) mass is 448 g/mol. The molecule has 3 rings (SSSR count). The number of rotatable bonds is 5. The Hall–Kier alpha value is -1.80. The Morgan fingerprint density at radius 2 is 1.84 bits per heavy atom. The smallest absolute Gasteiger partial charge is 0.337 e. The second-order valence-electron chi connectivity index (χ2n) is 8.13. The normalized spacial score (nSPS) is 44.6. The third-order valence-electron chi connectivity index (χ3n) is 6.02. The molecular formula is C19H28O12. The molecule has 0 amide bonds. The number of aliphatic hydroxyl groups is 5. The predicted octanol–water partition coefficient (Wildman–Crippen LogP) is -2.47. The quantitative estimate of drug-likeness (QED) is 0.280. The number of aliphatic hydroxyl groups excluding tert-OH is 5. The lowest BCUT2D eigenvalue weighted by Gasteiger charge is -2.44. The van der Waals surface area contributed by atoms with Gasteiger partial charge in [0.2, 0.25) is 6.29 Å². The maximum absolute atomic E-state index is 12.2. The van der Waals surface area contributed by atoms with Crippen molar-refractivity contribution in [3.05, 3.63) is 11.8 Å². The molecule has 1 aliphatic carbocycles. The molecule has 2 heterocycles. The van der Waals surface area contributed by atoms with Crippen LogP contribution < -0.4 is 0 Å². The lowest BCUT2D eigenvalue weighted by Crippen LogP contribution is -2.61. The van der Waals surface area contributed by atoms with Gasteiger partial charge < -0.3 is 49.2 Å². The van der Waals surface area contributed by atoms with Crippen LogP contribution in [0.15, 0.2) is 11.8 Å². The molecule has 0 bridgehead atoms. The van der Waals surface area contributed by atoms with Gasteiger partial charge in [-0.25, -0.2) is 4.79 Å². The van der Waals surface area contributed by atoms with Gasteiger partial charge in [-0.15, -0.1) is 0 Å². The third kappa shape index (κ3) is 4.29. The molecule has 0 aromatic carbocycles. The number of ether oxygens (including phenoxy) is 5. The van der Waals surface area contributed by atoms with Crippen molar-refractivity contribution in [1.82, 2.24) is 0 Å². The van der Waals surface area contributed by atoms with Gasteiger partial charge in [0.15, 0.2) is 6.29 Å². The molecule has 12 nitrogen and oxygen atoms in total. The second kappa shape index (κ2) is 8.98. The van der Waals surface area contributed by atoms with Crippen molar-refractivity contribution in [3.8, 4) is 0 Å². The van der Waals surface area contributed by atoms with Crippen molar-refractivity contribution < 1.29 is 58.8 Å². The first-order valence-corrected chi connectivity index (χ1v) is 9.81. The molecule has 2 fully saturated rings. The lowest BCUT2D eigenvalue weighted by molar-refractivity contribution is -0.346. The van der Waals surface area contributed by atoms with Crippen LogP contribution in [0.2, 0.25) is 0 Å². The van der Waals surface area contributed by atoms with E-state index in [4.69, 9.17) is 23.7 Å².